The minimum absolute atomic E-state index is 0.276. The summed E-state index contributed by atoms with van der Waals surface area (Å²) in [7, 11) is 1.32. The number of carbonyl (C=O) groups is 2. The first-order chi connectivity index (χ1) is 12.5. The van der Waals surface area contributed by atoms with Crippen LogP contribution in [0.5, 0.6) is 0 Å². The number of nitrogens with zero attached hydrogens (tertiary/aromatic N) is 1. The van der Waals surface area contributed by atoms with E-state index in [1.54, 1.807) is 43.3 Å². The molecule has 1 N–H and O–H groups in total. The number of nitrogens with one attached hydrogen (secondary N) is 1. The molecule has 0 spiro atoms. The van der Waals surface area contributed by atoms with E-state index in [1.165, 1.54) is 19.2 Å². The minimum Gasteiger partial charge on any atom is -0.465 e. The molecule has 3 aromatic rings. The van der Waals surface area contributed by atoms with E-state index in [9.17, 15) is 14.0 Å². The maximum absolute atomic E-state index is 13.6. The van der Waals surface area contributed by atoms with E-state index in [1.807, 2.05) is 0 Å². The van der Waals surface area contributed by atoms with Gasteiger partial charge in [0.1, 0.15) is 5.82 Å². The highest BCUT2D eigenvalue weighted by Crippen LogP contribution is 2.20. The summed E-state index contributed by atoms with van der Waals surface area (Å²) < 4.78 is 18.2. The lowest BCUT2D eigenvalue weighted by Crippen LogP contribution is -2.23. The number of hydrogen-bond acceptors (Lipinski definition) is 4. The molecule has 2 aromatic carbocycles. The molecule has 0 aliphatic heterocycles. The third-order valence-corrected chi connectivity index (χ3v) is 3.97. The minimum atomic E-state index is -0.421. The van der Waals surface area contributed by atoms with Crippen LogP contribution >= 0.6 is 0 Å². The number of aryl methyl sites for hydroxylation is 1. The third kappa shape index (κ3) is 3.69. The van der Waals surface area contributed by atoms with Crippen LogP contribution in [0.2, 0.25) is 0 Å². The Morgan fingerprint density at radius 1 is 1.12 bits per heavy atom. The smallest absolute Gasteiger partial charge is 0.337 e. The molecule has 0 radical (unpaired) electrons. The topological polar surface area (TPSA) is 68.3 Å². The van der Waals surface area contributed by atoms with Crippen molar-refractivity contribution in [2.75, 3.05) is 7.11 Å². The normalized spacial score (nSPS) is 10.6. The molecule has 0 unspecified atom stereocenters. The molecule has 5 nitrogen and oxygen atoms in total. The highest BCUT2D eigenvalue weighted by atomic mass is 19.1. The van der Waals surface area contributed by atoms with Crippen molar-refractivity contribution in [3.63, 3.8) is 0 Å². The van der Waals surface area contributed by atoms with Gasteiger partial charge in [-0.05, 0) is 48.9 Å². The van der Waals surface area contributed by atoms with Crippen molar-refractivity contribution in [1.29, 1.82) is 0 Å². The van der Waals surface area contributed by atoms with Crippen molar-refractivity contribution in [2.24, 2.45) is 0 Å². The van der Waals surface area contributed by atoms with Crippen LogP contribution in [-0.2, 0) is 11.3 Å². The lowest BCUT2D eigenvalue weighted by molar-refractivity contribution is 0.0600. The lowest BCUT2D eigenvalue weighted by Gasteiger charge is -2.10. The van der Waals surface area contributed by atoms with Gasteiger partial charge in [0, 0.05) is 17.6 Å². The second kappa shape index (κ2) is 7.31. The molecule has 1 amide bonds. The molecule has 0 bridgehead atoms. The van der Waals surface area contributed by atoms with Gasteiger partial charge in [-0.1, -0.05) is 12.1 Å². The monoisotopic (exact) mass is 352 g/mol. The molecule has 0 atom stereocenters. The molecule has 0 fully saturated rings. The molecule has 1 aromatic heterocycles. The van der Waals surface area contributed by atoms with Crippen LogP contribution in [0.15, 0.2) is 48.5 Å². The van der Waals surface area contributed by atoms with Gasteiger partial charge in [0.15, 0.2) is 0 Å². The Balaban J connectivity index is 1.79. The van der Waals surface area contributed by atoms with E-state index in [4.69, 9.17) is 0 Å². The molecule has 0 saturated carbocycles. The standard InChI is InChI=1S/C20H17FN2O3/c1-12-9-17(16-10-15(21)7-8-18(16)23-12)19(24)22-11-13-3-5-14(6-4-13)20(25)26-2/h3-10H,11H2,1-2H3,(H,22,24). The fraction of sp³-hybridized carbons (Fsp3) is 0.150. The van der Waals surface area contributed by atoms with Crippen LogP contribution in [0.3, 0.4) is 0 Å². The average molecular weight is 352 g/mol. The van der Waals surface area contributed by atoms with Crippen LogP contribution in [0, 0.1) is 12.7 Å². The number of amides is 1. The Morgan fingerprint density at radius 3 is 2.54 bits per heavy atom. The summed E-state index contributed by atoms with van der Waals surface area (Å²) >= 11 is 0. The zero-order valence-corrected chi connectivity index (χ0v) is 14.4. The third-order valence-electron chi connectivity index (χ3n) is 3.97. The van der Waals surface area contributed by atoms with Gasteiger partial charge in [-0.25, -0.2) is 9.18 Å². The van der Waals surface area contributed by atoms with Gasteiger partial charge in [-0.3, -0.25) is 9.78 Å². The number of esters is 1. The molecule has 132 valence electrons. The van der Waals surface area contributed by atoms with Gasteiger partial charge in [-0.2, -0.15) is 0 Å². The van der Waals surface area contributed by atoms with Crippen molar-refractivity contribution in [3.8, 4) is 0 Å². The molecule has 0 aliphatic rings. The quantitative estimate of drug-likeness (QED) is 0.731. The molecule has 26 heavy (non-hydrogen) atoms. The van der Waals surface area contributed by atoms with Gasteiger partial charge in [0.2, 0.25) is 0 Å². The van der Waals surface area contributed by atoms with E-state index in [0.717, 1.165) is 5.56 Å². The second-order valence-corrected chi connectivity index (χ2v) is 5.84. The number of ether oxygens (including phenoxy) is 1. The van der Waals surface area contributed by atoms with Crippen molar-refractivity contribution >= 4 is 22.8 Å². The summed E-state index contributed by atoms with van der Waals surface area (Å²) in [6.07, 6.45) is 0. The zero-order valence-electron chi connectivity index (χ0n) is 14.4. The van der Waals surface area contributed by atoms with Gasteiger partial charge < -0.3 is 10.1 Å². The molecule has 0 saturated heterocycles. The van der Waals surface area contributed by atoms with E-state index >= 15 is 0 Å². The molecular weight excluding hydrogens is 335 g/mol. The summed E-state index contributed by atoms with van der Waals surface area (Å²) in [6.45, 7) is 2.06. The Hall–Kier alpha value is -3.28. The lowest BCUT2D eigenvalue weighted by atomic mass is 10.1. The predicted molar refractivity (Wildman–Crippen MR) is 95.4 cm³/mol. The highest BCUT2D eigenvalue weighted by Gasteiger charge is 2.13. The van der Waals surface area contributed by atoms with E-state index in [0.29, 0.717) is 27.7 Å². The molecule has 0 aliphatic carbocycles. The SMILES string of the molecule is COC(=O)c1ccc(CNC(=O)c2cc(C)nc3ccc(F)cc23)cc1. The summed E-state index contributed by atoms with van der Waals surface area (Å²) in [5.41, 5.74) is 2.88. The summed E-state index contributed by atoms with van der Waals surface area (Å²) in [4.78, 5) is 28.3. The number of fused-ring (bicyclic) bond motifs is 1. The number of methoxy groups -OCH3 is 1. The maximum Gasteiger partial charge on any atom is 0.337 e. The van der Waals surface area contributed by atoms with Crippen molar-refractivity contribution in [1.82, 2.24) is 10.3 Å². The van der Waals surface area contributed by atoms with Crippen LogP contribution in [0.1, 0.15) is 32.0 Å². The number of pyridine rings is 1. The Bertz CT molecular complexity index is 984. The molecule has 1 heterocycles. The van der Waals surface area contributed by atoms with Crippen LogP contribution in [0.4, 0.5) is 4.39 Å². The molecule has 6 heteroatoms. The predicted octanol–water partition coefficient (Wildman–Crippen LogP) is 3.40. The van der Waals surface area contributed by atoms with Gasteiger partial charge in [-0.15, -0.1) is 0 Å². The summed E-state index contributed by atoms with van der Waals surface area (Å²) in [6, 6.07) is 12.6. The number of aromatic nitrogens is 1. The average Bonchev–Trinajstić information content (AvgIpc) is 2.65. The van der Waals surface area contributed by atoms with Crippen LogP contribution < -0.4 is 5.32 Å². The zero-order chi connectivity index (χ0) is 18.7. The number of hydrogen-bond donors (Lipinski definition) is 1. The van der Waals surface area contributed by atoms with Crippen molar-refractivity contribution < 1.29 is 18.7 Å². The summed E-state index contributed by atoms with van der Waals surface area (Å²) in [5.74, 6) is -1.15. The van der Waals surface area contributed by atoms with Gasteiger partial charge >= 0.3 is 5.97 Å². The van der Waals surface area contributed by atoms with Gasteiger partial charge in [0.05, 0.1) is 23.8 Å². The Morgan fingerprint density at radius 2 is 1.85 bits per heavy atom. The van der Waals surface area contributed by atoms with E-state index < -0.39 is 11.8 Å². The molecular formula is C20H17FN2O3. The van der Waals surface area contributed by atoms with Crippen molar-refractivity contribution in [3.05, 3.63) is 76.7 Å². The van der Waals surface area contributed by atoms with Crippen molar-refractivity contribution in [2.45, 2.75) is 13.5 Å². The number of benzene rings is 2. The second-order valence-electron chi connectivity index (χ2n) is 5.84. The number of halogens is 1. The highest BCUT2D eigenvalue weighted by molar-refractivity contribution is 6.06. The van der Waals surface area contributed by atoms with Crippen LogP contribution in [-0.4, -0.2) is 24.0 Å². The van der Waals surface area contributed by atoms with Crippen LogP contribution in [0.25, 0.3) is 10.9 Å². The number of carbonyl (C=O) groups excluding carboxylic acids is 2. The first-order valence-electron chi connectivity index (χ1n) is 8.00. The Kier molecular flexibility index (Phi) is 4.93. The largest absolute Gasteiger partial charge is 0.465 e. The Labute approximate surface area is 149 Å². The van der Waals surface area contributed by atoms with E-state index in [2.05, 4.69) is 15.0 Å². The van der Waals surface area contributed by atoms with Gasteiger partial charge in [0.25, 0.3) is 5.91 Å². The summed E-state index contributed by atoms with van der Waals surface area (Å²) in [5, 5.41) is 3.28. The first-order valence-corrected chi connectivity index (χ1v) is 8.00. The fourth-order valence-electron chi connectivity index (χ4n) is 2.67. The fourth-order valence-corrected chi connectivity index (χ4v) is 2.67. The first kappa shape index (κ1) is 17.5. The maximum atomic E-state index is 13.6. The number of rotatable bonds is 4. The van der Waals surface area contributed by atoms with E-state index in [-0.39, 0.29) is 12.5 Å². The molecule has 3 rings (SSSR count).